The minimum Gasteiger partial charge on any atom is -0.508 e. The van der Waals surface area contributed by atoms with Crippen LogP contribution in [0, 0.1) is 0 Å². The molecule has 9 N–H and O–H groups in total. The number of carboxylic acid groups (broad SMARTS) is 2. The molecule has 4 rings (SSSR count). The number of hydrogen-bond acceptors (Lipinski definition) is 7. The normalized spacial score (nSPS) is 13.6. The fourth-order valence-electron chi connectivity index (χ4n) is 4.96. The van der Waals surface area contributed by atoms with Crippen LogP contribution in [0.15, 0.2) is 85.1 Å². The average molecular weight is 630 g/mol. The Balaban J connectivity index is 1.58. The van der Waals surface area contributed by atoms with Gasteiger partial charge in [0, 0.05) is 36.4 Å². The Morgan fingerprint density at radius 3 is 1.83 bits per heavy atom. The van der Waals surface area contributed by atoms with Crippen molar-refractivity contribution in [1.82, 2.24) is 20.9 Å². The van der Waals surface area contributed by atoms with E-state index < -0.39 is 60.2 Å². The third kappa shape index (κ3) is 9.16. The average Bonchev–Trinajstić information content (AvgIpc) is 3.43. The van der Waals surface area contributed by atoms with Crippen molar-refractivity contribution in [3.05, 3.63) is 102 Å². The number of fused-ring (bicyclic) bond motifs is 1. The SMILES string of the molecule is NC(CC(=O)O)C(=O)NC(Cc1ccccc1)C(=O)NC(Cc1ccc(O)cc1)C(=O)NC(Cc1c[nH]c2ccccc12)C(=O)O. The Kier molecular flexibility index (Phi) is 11.1. The number of phenolic OH excluding ortho intramolecular Hbond substituents is 1. The Morgan fingerprint density at radius 2 is 1.22 bits per heavy atom. The molecule has 3 aromatic carbocycles. The first-order chi connectivity index (χ1) is 22.0. The summed E-state index contributed by atoms with van der Waals surface area (Å²) < 4.78 is 0. The quantitative estimate of drug-likeness (QED) is 0.0946. The van der Waals surface area contributed by atoms with Crippen LogP contribution < -0.4 is 21.7 Å². The van der Waals surface area contributed by atoms with Gasteiger partial charge in [0.25, 0.3) is 0 Å². The van der Waals surface area contributed by atoms with E-state index in [1.807, 2.05) is 24.3 Å². The van der Waals surface area contributed by atoms with Crippen molar-refractivity contribution in [3.63, 3.8) is 0 Å². The summed E-state index contributed by atoms with van der Waals surface area (Å²) in [6.45, 7) is 0. The number of para-hydroxylation sites is 1. The van der Waals surface area contributed by atoms with Gasteiger partial charge in [0.15, 0.2) is 0 Å². The van der Waals surface area contributed by atoms with Crippen LogP contribution in [-0.4, -0.2) is 74.1 Å². The van der Waals surface area contributed by atoms with Crippen LogP contribution in [0.3, 0.4) is 0 Å². The fourth-order valence-corrected chi connectivity index (χ4v) is 4.96. The fraction of sp³-hybridized carbons (Fsp3) is 0.242. The van der Waals surface area contributed by atoms with Gasteiger partial charge < -0.3 is 42.0 Å². The Hall–Kier alpha value is -5.69. The van der Waals surface area contributed by atoms with E-state index in [1.165, 1.54) is 12.1 Å². The van der Waals surface area contributed by atoms with Gasteiger partial charge in [0.2, 0.25) is 17.7 Å². The molecule has 1 aromatic heterocycles. The molecule has 4 unspecified atom stereocenters. The number of aromatic amines is 1. The summed E-state index contributed by atoms with van der Waals surface area (Å²) in [4.78, 5) is 66.5. The highest BCUT2D eigenvalue weighted by Crippen LogP contribution is 2.19. The first-order valence-electron chi connectivity index (χ1n) is 14.5. The third-order valence-corrected chi connectivity index (χ3v) is 7.37. The predicted octanol–water partition coefficient (Wildman–Crippen LogP) is 1.24. The summed E-state index contributed by atoms with van der Waals surface area (Å²) in [5.41, 5.74) is 8.42. The van der Waals surface area contributed by atoms with Crippen LogP contribution in [0.4, 0.5) is 0 Å². The van der Waals surface area contributed by atoms with Crippen LogP contribution >= 0.6 is 0 Å². The van der Waals surface area contributed by atoms with Crippen molar-refractivity contribution in [2.45, 2.75) is 49.9 Å². The lowest BCUT2D eigenvalue weighted by Gasteiger charge is -2.25. The molecule has 0 bridgehead atoms. The van der Waals surface area contributed by atoms with E-state index in [9.17, 15) is 34.2 Å². The van der Waals surface area contributed by atoms with Gasteiger partial charge in [-0.3, -0.25) is 19.2 Å². The summed E-state index contributed by atoms with van der Waals surface area (Å²) in [7, 11) is 0. The number of aromatic nitrogens is 1. The molecule has 0 aliphatic rings. The van der Waals surface area contributed by atoms with Crippen molar-refractivity contribution in [3.8, 4) is 5.75 Å². The maximum Gasteiger partial charge on any atom is 0.326 e. The van der Waals surface area contributed by atoms with Crippen LogP contribution in [0.25, 0.3) is 10.9 Å². The van der Waals surface area contributed by atoms with Crippen LogP contribution in [0.1, 0.15) is 23.1 Å². The minimum absolute atomic E-state index is 0.00985. The number of phenols is 1. The lowest BCUT2D eigenvalue weighted by Crippen LogP contribution is -2.58. The summed E-state index contributed by atoms with van der Waals surface area (Å²) in [6, 6.07) is 16.6. The van der Waals surface area contributed by atoms with E-state index in [0.29, 0.717) is 16.7 Å². The number of carbonyl (C=O) groups is 5. The molecule has 240 valence electrons. The number of aromatic hydroxyl groups is 1. The molecule has 1 heterocycles. The smallest absolute Gasteiger partial charge is 0.326 e. The van der Waals surface area contributed by atoms with Gasteiger partial charge in [-0.1, -0.05) is 60.7 Å². The number of nitrogens with two attached hydrogens (primary N) is 1. The van der Waals surface area contributed by atoms with Crippen LogP contribution in [-0.2, 0) is 43.2 Å². The molecule has 46 heavy (non-hydrogen) atoms. The maximum absolute atomic E-state index is 13.7. The summed E-state index contributed by atoms with van der Waals surface area (Å²) in [5, 5.41) is 37.2. The predicted molar refractivity (Wildman–Crippen MR) is 168 cm³/mol. The first-order valence-corrected chi connectivity index (χ1v) is 14.5. The Bertz CT molecular complexity index is 1690. The van der Waals surface area contributed by atoms with Gasteiger partial charge in [0.05, 0.1) is 12.5 Å². The molecule has 13 nitrogen and oxygen atoms in total. The van der Waals surface area contributed by atoms with Crippen molar-refractivity contribution < 1.29 is 39.3 Å². The Morgan fingerprint density at radius 1 is 0.674 bits per heavy atom. The van der Waals surface area contributed by atoms with Gasteiger partial charge >= 0.3 is 11.9 Å². The molecular formula is C33H35N5O8. The zero-order chi connectivity index (χ0) is 33.2. The van der Waals surface area contributed by atoms with Gasteiger partial charge in [-0.15, -0.1) is 0 Å². The summed E-state index contributed by atoms with van der Waals surface area (Å²) in [6.07, 6.45) is 0.879. The minimum atomic E-state index is -1.43. The number of H-pyrrole nitrogens is 1. The molecule has 0 radical (unpaired) electrons. The lowest BCUT2D eigenvalue weighted by molar-refractivity contribution is -0.142. The third-order valence-electron chi connectivity index (χ3n) is 7.37. The van der Waals surface area contributed by atoms with E-state index >= 15 is 0 Å². The largest absolute Gasteiger partial charge is 0.508 e. The molecular weight excluding hydrogens is 594 g/mol. The van der Waals surface area contributed by atoms with Gasteiger partial charge in [-0.2, -0.15) is 0 Å². The number of rotatable bonds is 15. The second-order valence-corrected chi connectivity index (χ2v) is 10.9. The summed E-state index contributed by atoms with van der Waals surface area (Å²) in [5.74, 6) is -5.03. The number of carboxylic acids is 2. The maximum atomic E-state index is 13.7. The number of nitrogens with one attached hydrogen (secondary N) is 4. The second-order valence-electron chi connectivity index (χ2n) is 10.9. The van der Waals surface area contributed by atoms with E-state index in [-0.39, 0.29) is 25.0 Å². The highest BCUT2D eigenvalue weighted by atomic mass is 16.4. The molecule has 0 saturated heterocycles. The van der Waals surface area contributed by atoms with Crippen molar-refractivity contribution in [1.29, 1.82) is 0 Å². The zero-order valence-corrected chi connectivity index (χ0v) is 24.7. The monoisotopic (exact) mass is 629 g/mol. The molecule has 4 atom stereocenters. The van der Waals surface area contributed by atoms with Crippen LogP contribution in [0.2, 0.25) is 0 Å². The Labute approximate surface area is 263 Å². The lowest BCUT2D eigenvalue weighted by atomic mass is 10.0. The van der Waals surface area contributed by atoms with Gasteiger partial charge in [-0.05, 0) is 34.9 Å². The number of carbonyl (C=O) groups excluding carboxylic acids is 3. The topological polar surface area (TPSA) is 224 Å². The molecule has 0 aliphatic heterocycles. The summed E-state index contributed by atoms with van der Waals surface area (Å²) >= 11 is 0. The molecule has 3 amide bonds. The zero-order valence-electron chi connectivity index (χ0n) is 24.7. The number of aliphatic carboxylic acids is 2. The van der Waals surface area contributed by atoms with E-state index in [1.54, 1.807) is 48.7 Å². The van der Waals surface area contributed by atoms with E-state index in [0.717, 1.165) is 10.9 Å². The van der Waals surface area contributed by atoms with E-state index in [4.69, 9.17) is 10.8 Å². The standard InChI is InChI=1S/C33H35N5O8/c34-24(17-29(40)41)30(42)36-26(14-19-6-2-1-3-7-19)31(43)37-27(15-20-10-12-22(39)13-11-20)32(44)38-28(33(45)46)16-21-18-35-25-9-5-4-8-23(21)25/h1-13,18,24,26-28,35,39H,14-17,34H2,(H,36,42)(H,37,43)(H,38,44)(H,40,41)(H,45,46). The van der Waals surface area contributed by atoms with E-state index in [2.05, 4.69) is 20.9 Å². The second kappa shape index (κ2) is 15.3. The van der Waals surface area contributed by atoms with Crippen molar-refractivity contribution in [2.24, 2.45) is 5.73 Å². The molecule has 4 aromatic rings. The molecule has 0 saturated carbocycles. The highest BCUT2D eigenvalue weighted by Gasteiger charge is 2.31. The molecule has 13 heteroatoms. The van der Waals surface area contributed by atoms with Crippen molar-refractivity contribution in [2.75, 3.05) is 0 Å². The molecule has 0 spiro atoms. The highest BCUT2D eigenvalue weighted by molar-refractivity contribution is 5.95. The number of hydrogen-bond donors (Lipinski definition) is 8. The molecule has 0 fully saturated rings. The van der Waals surface area contributed by atoms with Crippen LogP contribution in [0.5, 0.6) is 5.75 Å². The van der Waals surface area contributed by atoms with Gasteiger partial charge in [-0.25, -0.2) is 4.79 Å². The first kappa shape index (κ1) is 33.2. The van der Waals surface area contributed by atoms with Gasteiger partial charge in [0.1, 0.15) is 23.9 Å². The molecule has 0 aliphatic carbocycles. The number of benzene rings is 3. The number of amides is 3. The van der Waals surface area contributed by atoms with Crippen molar-refractivity contribution >= 4 is 40.6 Å².